The van der Waals surface area contributed by atoms with Crippen LogP contribution in [0.1, 0.15) is 20.8 Å². The second-order valence-corrected chi connectivity index (χ2v) is 3.55. The van der Waals surface area contributed by atoms with Crippen LogP contribution in [0, 0.1) is 0 Å². The smallest absolute Gasteiger partial charge is 0.545 e. The van der Waals surface area contributed by atoms with E-state index in [1.165, 1.54) is 35.2 Å². The Morgan fingerprint density at radius 2 is 1.79 bits per heavy atom. The summed E-state index contributed by atoms with van der Waals surface area (Å²) in [5, 5.41) is 10.6. The zero-order valence-corrected chi connectivity index (χ0v) is 12.2. The predicted octanol–water partition coefficient (Wildman–Crippen LogP) is -4.08. The third kappa shape index (κ3) is 2.95. The van der Waals surface area contributed by atoms with Crippen molar-refractivity contribution in [3.63, 3.8) is 0 Å². The Morgan fingerprint density at radius 3 is 2.21 bits per heavy atom. The average molecular weight is 268 g/mol. The summed E-state index contributed by atoms with van der Waals surface area (Å²) in [4.78, 5) is 25.4. The van der Waals surface area contributed by atoms with E-state index in [2.05, 4.69) is 4.98 Å². The number of aromatic nitrogens is 2. The van der Waals surface area contributed by atoms with Crippen molar-refractivity contribution in [3.05, 3.63) is 41.9 Å². The van der Waals surface area contributed by atoms with Crippen molar-refractivity contribution < 1.29 is 44.3 Å². The molecule has 0 atom stereocenters. The number of hydrogen-bond donors (Lipinski definition) is 2. The molecule has 0 aliphatic carbocycles. The Morgan fingerprint density at radius 1 is 1.21 bits per heavy atom. The Hall–Kier alpha value is -1.83. The normalized spacial score (nSPS) is 9.68. The minimum atomic E-state index is -1.27. The first-order valence-corrected chi connectivity index (χ1v) is 4.95. The van der Waals surface area contributed by atoms with Crippen LogP contribution in [0.15, 0.2) is 30.6 Å². The molecule has 0 saturated carbocycles. The van der Waals surface area contributed by atoms with Crippen LogP contribution in [-0.4, -0.2) is 21.4 Å². The molecule has 0 fully saturated rings. The van der Waals surface area contributed by atoms with Gasteiger partial charge in [-0.1, -0.05) is 12.1 Å². The first-order valence-electron chi connectivity index (χ1n) is 4.95. The molecular formula is C11H9N4NaO3. The van der Waals surface area contributed by atoms with Crippen LogP contribution in [0.25, 0.3) is 5.69 Å². The van der Waals surface area contributed by atoms with Crippen molar-refractivity contribution in [1.82, 2.24) is 9.55 Å². The maximum atomic E-state index is 11.0. The Balaban J connectivity index is 0.00000180. The molecule has 8 heteroatoms. The maximum absolute atomic E-state index is 11.0. The molecule has 1 heterocycles. The zero-order chi connectivity index (χ0) is 13.3. The SMILES string of the molecule is NC(=O)c1ncn(-c2ccc(C(=O)[O-])cc2)c1N.[Na+]. The van der Waals surface area contributed by atoms with Gasteiger partial charge in [0.1, 0.15) is 12.1 Å². The summed E-state index contributed by atoms with van der Waals surface area (Å²) in [5.41, 5.74) is 11.4. The summed E-state index contributed by atoms with van der Waals surface area (Å²) in [6.45, 7) is 0. The number of primary amides is 1. The quantitative estimate of drug-likeness (QED) is 0.547. The van der Waals surface area contributed by atoms with Crippen molar-refractivity contribution in [3.8, 4) is 5.69 Å². The van der Waals surface area contributed by atoms with Gasteiger partial charge in [-0.2, -0.15) is 0 Å². The van der Waals surface area contributed by atoms with Gasteiger partial charge < -0.3 is 21.4 Å². The molecule has 19 heavy (non-hydrogen) atoms. The molecule has 0 aliphatic rings. The number of anilines is 1. The molecule has 0 radical (unpaired) electrons. The van der Waals surface area contributed by atoms with Gasteiger partial charge in [-0.25, -0.2) is 4.98 Å². The molecule has 0 bridgehead atoms. The fourth-order valence-electron chi connectivity index (χ4n) is 1.51. The van der Waals surface area contributed by atoms with Gasteiger partial charge in [0.25, 0.3) is 5.91 Å². The van der Waals surface area contributed by atoms with E-state index in [0.29, 0.717) is 5.69 Å². The predicted molar refractivity (Wildman–Crippen MR) is 60.8 cm³/mol. The fourth-order valence-corrected chi connectivity index (χ4v) is 1.51. The fraction of sp³-hybridized carbons (Fsp3) is 0. The third-order valence-corrected chi connectivity index (χ3v) is 2.42. The number of carboxylic acid groups (broad SMARTS) is 1. The zero-order valence-electron chi connectivity index (χ0n) is 10.2. The van der Waals surface area contributed by atoms with Gasteiger partial charge in [-0.05, 0) is 17.7 Å². The Bertz CT molecular complexity index is 621. The van der Waals surface area contributed by atoms with Crippen LogP contribution in [0.2, 0.25) is 0 Å². The number of carboxylic acids is 1. The first kappa shape index (κ1) is 15.2. The maximum Gasteiger partial charge on any atom is 1.00 e. The van der Waals surface area contributed by atoms with Crippen molar-refractivity contribution in [1.29, 1.82) is 0 Å². The number of hydrogen-bond acceptors (Lipinski definition) is 5. The molecule has 1 amide bonds. The van der Waals surface area contributed by atoms with E-state index >= 15 is 0 Å². The Labute approximate surface area is 130 Å². The number of nitrogens with two attached hydrogens (primary N) is 2. The number of aromatic carboxylic acids is 1. The van der Waals surface area contributed by atoms with Crippen LogP contribution < -0.4 is 46.1 Å². The molecule has 1 aromatic heterocycles. The third-order valence-electron chi connectivity index (χ3n) is 2.42. The largest absolute Gasteiger partial charge is 1.00 e. The van der Waals surface area contributed by atoms with E-state index in [4.69, 9.17) is 11.5 Å². The molecule has 1 aromatic carbocycles. The van der Waals surface area contributed by atoms with Crippen molar-refractivity contribution >= 4 is 17.7 Å². The summed E-state index contributed by atoms with van der Waals surface area (Å²) in [5.74, 6) is -1.89. The second-order valence-electron chi connectivity index (χ2n) is 3.55. The summed E-state index contributed by atoms with van der Waals surface area (Å²) < 4.78 is 1.43. The number of nitrogens with zero attached hydrogens (tertiary/aromatic N) is 2. The summed E-state index contributed by atoms with van der Waals surface area (Å²) in [7, 11) is 0. The van der Waals surface area contributed by atoms with E-state index < -0.39 is 11.9 Å². The molecule has 0 spiro atoms. The topological polar surface area (TPSA) is 127 Å². The van der Waals surface area contributed by atoms with Gasteiger partial charge in [0.2, 0.25) is 0 Å². The molecule has 0 aliphatic heterocycles. The molecule has 0 saturated heterocycles. The van der Waals surface area contributed by atoms with Gasteiger partial charge in [0, 0.05) is 5.69 Å². The van der Waals surface area contributed by atoms with Gasteiger partial charge in [0.05, 0.1) is 5.97 Å². The number of benzene rings is 1. The molecule has 2 aromatic rings. The van der Waals surface area contributed by atoms with E-state index in [9.17, 15) is 14.7 Å². The average Bonchev–Trinajstić information content (AvgIpc) is 2.71. The van der Waals surface area contributed by atoms with Gasteiger partial charge >= 0.3 is 29.6 Å². The van der Waals surface area contributed by atoms with Crippen LogP contribution >= 0.6 is 0 Å². The van der Waals surface area contributed by atoms with Crippen molar-refractivity contribution in [2.24, 2.45) is 5.73 Å². The summed E-state index contributed by atoms with van der Waals surface area (Å²) in [6, 6.07) is 5.78. The van der Waals surface area contributed by atoms with Gasteiger partial charge in [0.15, 0.2) is 5.69 Å². The van der Waals surface area contributed by atoms with E-state index in [1.54, 1.807) is 0 Å². The van der Waals surface area contributed by atoms with E-state index in [-0.39, 0.29) is 46.6 Å². The molecule has 7 nitrogen and oxygen atoms in total. The van der Waals surface area contributed by atoms with Gasteiger partial charge in [-0.15, -0.1) is 0 Å². The summed E-state index contributed by atoms with van der Waals surface area (Å²) in [6.07, 6.45) is 1.34. The molecule has 4 N–H and O–H groups in total. The first-order chi connectivity index (χ1) is 8.50. The Kier molecular flexibility index (Phi) is 4.71. The monoisotopic (exact) mass is 268 g/mol. The summed E-state index contributed by atoms with van der Waals surface area (Å²) >= 11 is 0. The van der Waals surface area contributed by atoms with Crippen LogP contribution in [0.3, 0.4) is 0 Å². The number of carbonyl (C=O) groups is 2. The van der Waals surface area contributed by atoms with E-state index in [1.807, 2.05) is 0 Å². The van der Waals surface area contributed by atoms with Crippen LogP contribution in [-0.2, 0) is 0 Å². The number of amides is 1. The second kappa shape index (κ2) is 5.87. The number of nitrogen functional groups attached to an aromatic ring is 1. The number of carbonyl (C=O) groups excluding carboxylic acids is 2. The van der Waals surface area contributed by atoms with Crippen LogP contribution in [0.5, 0.6) is 0 Å². The molecule has 92 valence electrons. The number of rotatable bonds is 3. The van der Waals surface area contributed by atoms with Crippen LogP contribution in [0.4, 0.5) is 5.82 Å². The van der Waals surface area contributed by atoms with Crippen molar-refractivity contribution in [2.75, 3.05) is 5.73 Å². The molecule has 2 rings (SSSR count). The molecule has 0 unspecified atom stereocenters. The molecular weight excluding hydrogens is 259 g/mol. The number of imidazole rings is 1. The minimum absolute atomic E-state index is 0. The van der Waals surface area contributed by atoms with Crippen molar-refractivity contribution in [2.45, 2.75) is 0 Å². The van der Waals surface area contributed by atoms with E-state index in [0.717, 1.165) is 0 Å². The minimum Gasteiger partial charge on any atom is -0.545 e. The van der Waals surface area contributed by atoms with Gasteiger partial charge in [-0.3, -0.25) is 9.36 Å². The standard InChI is InChI=1S/C11H10N4O3.Na/c12-9-8(10(13)16)14-5-15(9)7-3-1-6(2-4-7)11(17)18;/h1-5H,12H2,(H2,13,16)(H,17,18);/q;+1/p-1.